The number of nitrogens with zero attached hydrogens (tertiary/aromatic N) is 4. The summed E-state index contributed by atoms with van der Waals surface area (Å²) in [6.07, 6.45) is -1.69. The Bertz CT molecular complexity index is 721. The van der Waals surface area contributed by atoms with Gasteiger partial charge in [-0.3, -0.25) is 14.8 Å². The zero-order valence-corrected chi connectivity index (χ0v) is 15.0. The van der Waals surface area contributed by atoms with Crippen LogP contribution in [0, 0.1) is 0 Å². The maximum atomic E-state index is 12.8. The van der Waals surface area contributed by atoms with E-state index in [0.29, 0.717) is 18.0 Å². The van der Waals surface area contributed by atoms with Crippen LogP contribution in [0.4, 0.5) is 13.2 Å². The highest BCUT2D eigenvalue weighted by Crippen LogP contribution is 2.28. The Morgan fingerprint density at radius 1 is 1.08 bits per heavy atom. The molecule has 0 atom stereocenters. The molecule has 26 heavy (non-hydrogen) atoms. The third kappa shape index (κ3) is 4.62. The summed E-state index contributed by atoms with van der Waals surface area (Å²) in [5.74, 6) is 1.22. The van der Waals surface area contributed by atoms with Crippen LogP contribution in [-0.2, 0) is 19.3 Å². The highest BCUT2D eigenvalue weighted by molar-refractivity contribution is 5.18. The first kappa shape index (κ1) is 18.8. The number of hydrogen-bond donors (Lipinski definition) is 0. The molecule has 1 saturated heterocycles. The second-order valence-corrected chi connectivity index (χ2v) is 6.92. The second-order valence-electron chi connectivity index (χ2n) is 6.92. The van der Waals surface area contributed by atoms with Crippen molar-refractivity contribution in [2.75, 3.05) is 26.2 Å². The Morgan fingerprint density at radius 2 is 1.73 bits per heavy atom. The number of rotatable bonds is 5. The Balaban J connectivity index is 1.53. The van der Waals surface area contributed by atoms with E-state index in [2.05, 4.69) is 33.6 Å². The van der Waals surface area contributed by atoms with Crippen molar-refractivity contribution >= 4 is 0 Å². The quantitative estimate of drug-likeness (QED) is 0.808. The number of alkyl halides is 3. The van der Waals surface area contributed by atoms with E-state index < -0.39 is 11.9 Å². The molecule has 2 aromatic rings. The minimum absolute atomic E-state index is 0.295. The number of halogens is 3. The van der Waals surface area contributed by atoms with Gasteiger partial charge in [0.2, 0.25) is 0 Å². The lowest BCUT2D eigenvalue weighted by Crippen LogP contribution is -2.45. The molecule has 5 nitrogen and oxygen atoms in total. The fourth-order valence-corrected chi connectivity index (χ4v) is 3.17. The molecule has 1 aliphatic rings. The molecular weight excluding hydrogens is 345 g/mol. The first-order valence-electron chi connectivity index (χ1n) is 8.72. The summed E-state index contributed by atoms with van der Waals surface area (Å²) in [7, 11) is 0. The number of pyridine rings is 1. The maximum Gasteiger partial charge on any atom is 0.433 e. The normalized spacial score (nSPS) is 17.2. The van der Waals surface area contributed by atoms with Gasteiger partial charge in [0.05, 0.1) is 5.69 Å². The Labute approximate surface area is 150 Å². The molecular formula is C18H23F3N4O. The fraction of sp³-hybridized carbons (Fsp3) is 0.556. The second kappa shape index (κ2) is 7.75. The van der Waals surface area contributed by atoms with Gasteiger partial charge in [0.15, 0.2) is 6.39 Å². The van der Waals surface area contributed by atoms with Crippen LogP contribution in [0.5, 0.6) is 0 Å². The van der Waals surface area contributed by atoms with Crippen LogP contribution in [0.1, 0.15) is 42.5 Å². The molecule has 0 unspecified atom stereocenters. The summed E-state index contributed by atoms with van der Waals surface area (Å²) in [6.45, 7) is 8.70. The highest BCUT2D eigenvalue weighted by atomic mass is 19.4. The van der Waals surface area contributed by atoms with Gasteiger partial charge in [0, 0.05) is 51.4 Å². The van der Waals surface area contributed by atoms with E-state index in [1.165, 1.54) is 12.6 Å². The third-order valence-corrected chi connectivity index (χ3v) is 4.56. The van der Waals surface area contributed by atoms with Gasteiger partial charge in [0.1, 0.15) is 11.5 Å². The van der Waals surface area contributed by atoms with E-state index in [4.69, 9.17) is 4.42 Å². The Hall–Kier alpha value is -1.93. The number of piperazine rings is 1. The molecule has 1 fully saturated rings. The van der Waals surface area contributed by atoms with Crippen molar-refractivity contribution in [3.8, 4) is 0 Å². The van der Waals surface area contributed by atoms with Crippen molar-refractivity contribution in [2.24, 2.45) is 0 Å². The minimum atomic E-state index is -4.40. The van der Waals surface area contributed by atoms with Gasteiger partial charge in [-0.05, 0) is 17.7 Å². The molecule has 0 saturated carbocycles. The molecule has 0 amide bonds. The zero-order chi connectivity index (χ0) is 18.7. The molecule has 1 aliphatic heterocycles. The molecule has 0 bridgehead atoms. The molecule has 142 valence electrons. The van der Waals surface area contributed by atoms with Crippen LogP contribution in [-0.4, -0.2) is 45.9 Å². The molecule has 0 spiro atoms. The topological polar surface area (TPSA) is 45.4 Å². The van der Waals surface area contributed by atoms with E-state index >= 15 is 0 Å². The van der Waals surface area contributed by atoms with Crippen LogP contribution >= 0.6 is 0 Å². The van der Waals surface area contributed by atoms with Crippen LogP contribution < -0.4 is 0 Å². The molecule has 8 heteroatoms. The summed E-state index contributed by atoms with van der Waals surface area (Å²) in [5.41, 5.74) is 0.776. The van der Waals surface area contributed by atoms with Gasteiger partial charge in [-0.15, -0.1) is 0 Å². The van der Waals surface area contributed by atoms with Gasteiger partial charge in [-0.25, -0.2) is 4.98 Å². The van der Waals surface area contributed by atoms with Gasteiger partial charge in [-0.2, -0.15) is 13.2 Å². The maximum absolute atomic E-state index is 12.8. The standard InChI is InChI=1S/C18H23F3N4O/c1-13(2)17-15(23-12-26-17)11-25-7-5-24(6-8-25)10-14-3-4-22-16(9-14)18(19,20)21/h3-4,9,12-13H,5-8,10-11H2,1-2H3. The predicted octanol–water partition coefficient (Wildman–Crippen LogP) is 3.53. The summed E-state index contributed by atoms with van der Waals surface area (Å²) < 4.78 is 43.8. The average Bonchev–Trinajstić information content (AvgIpc) is 3.05. The van der Waals surface area contributed by atoms with Crippen molar-refractivity contribution in [3.05, 3.63) is 47.4 Å². The molecule has 3 rings (SSSR count). The number of oxazole rings is 1. The molecule has 0 aliphatic carbocycles. The van der Waals surface area contributed by atoms with Crippen LogP contribution in [0.25, 0.3) is 0 Å². The lowest BCUT2D eigenvalue weighted by Gasteiger charge is -2.34. The Kier molecular flexibility index (Phi) is 5.62. The SMILES string of the molecule is CC(C)c1ocnc1CN1CCN(Cc2ccnc(C(F)(F)F)c2)CC1. The lowest BCUT2D eigenvalue weighted by atomic mass is 10.1. The smallest absolute Gasteiger partial charge is 0.433 e. The number of aromatic nitrogens is 2. The van der Waals surface area contributed by atoms with E-state index in [1.807, 2.05) is 0 Å². The van der Waals surface area contributed by atoms with Crippen molar-refractivity contribution in [2.45, 2.75) is 39.0 Å². The lowest BCUT2D eigenvalue weighted by molar-refractivity contribution is -0.141. The largest absolute Gasteiger partial charge is 0.448 e. The van der Waals surface area contributed by atoms with Crippen LogP contribution in [0.3, 0.4) is 0 Å². The van der Waals surface area contributed by atoms with E-state index in [9.17, 15) is 13.2 Å². The number of hydrogen-bond acceptors (Lipinski definition) is 5. The summed E-state index contributed by atoms with van der Waals surface area (Å²) in [6, 6.07) is 2.78. The zero-order valence-electron chi connectivity index (χ0n) is 15.0. The van der Waals surface area contributed by atoms with E-state index in [1.54, 1.807) is 6.07 Å². The third-order valence-electron chi connectivity index (χ3n) is 4.56. The Morgan fingerprint density at radius 3 is 2.35 bits per heavy atom. The molecule has 3 heterocycles. The highest BCUT2D eigenvalue weighted by Gasteiger charge is 2.32. The van der Waals surface area contributed by atoms with Crippen molar-refractivity contribution in [1.29, 1.82) is 0 Å². The molecule has 0 aromatic carbocycles. The van der Waals surface area contributed by atoms with Crippen LogP contribution in [0.2, 0.25) is 0 Å². The van der Waals surface area contributed by atoms with Crippen molar-refractivity contribution in [1.82, 2.24) is 19.8 Å². The monoisotopic (exact) mass is 368 g/mol. The van der Waals surface area contributed by atoms with Gasteiger partial charge in [-0.1, -0.05) is 13.8 Å². The van der Waals surface area contributed by atoms with Crippen molar-refractivity contribution in [3.63, 3.8) is 0 Å². The van der Waals surface area contributed by atoms with Gasteiger partial charge < -0.3 is 4.42 Å². The predicted molar refractivity (Wildman–Crippen MR) is 90.4 cm³/mol. The first-order valence-corrected chi connectivity index (χ1v) is 8.72. The van der Waals surface area contributed by atoms with E-state index in [0.717, 1.165) is 50.2 Å². The summed E-state index contributed by atoms with van der Waals surface area (Å²) in [5, 5.41) is 0. The molecule has 0 N–H and O–H groups in total. The van der Waals surface area contributed by atoms with Crippen molar-refractivity contribution < 1.29 is 17.6 Å². The van der Waals surface area contributed by atoms with Gasteiger partial charge >= 0.3 is 6.18 Å². The van der Waals surface area contributed by atoms with Crippen LogP contribution in [0.15, 0.2) is 29.1 Å². The van der Waals surface area contributed by atoms with E-state index in [-0.39, 0.29) is 0 Å². The first-order chi connectivity index (χ1) is 12.3. The molecule has 0 radical (unpaired) electrons. The van der Waals surface area contributed by atoms with Gasteiger partial charge in [0.25, 0.3) is 0 Å². The fourth-order valence-electron chi connectivity index (χ4n) is 3.17. The summed E-state index contributed by atoms with van der Waals surface area (Å²) in [4.78, 5) is 12.2. The minimum Gasteiger partial charge on any atom is -0.448 e. The summed E-state index contributed by atoms with van der Waals surface area (Å²) >= 11 is 0. The molecule has 2 aromatic heterocycles. The average molecular weight is 368 g/mol.